The molecule has 0 aromatic rings. The number of hydrogen-bond acceptors (Lipinski definition) is 4. The molecule has 1 aliphatic heterocycles. The molecule has 0 fully saturated rings. The molecule has 5 heteroatoms. The molecule has 0 bridgehead atoms. The van der Waals surface area contributed by atoms with E-state index in [1.54, 1.807) is 13.8 Å². The quantitative estimate of drug-likeness (QED) is 0.540. The summed E-state index contributed by atoms with van der Waals surface area (Å²) >= 11 is -4.10. The van der Waals surface area contributed by atoms with Gasteiger partial charge in [-0.1, -0.05) is 0 Å². The van der Waals surface area contributed by atoms with Gasteiger partial charge in [-0.3, -0.25) is 0 Å². The van der Waals surface area contributed by atoms with Crippen LogP contribution in [0.1, 0.15) is 39.5 Å². The third-order valence-electron chi connectivity index (χ3n) is 4.69. The Morgan fingerprint density at radius 3 is 1.64 bits per heavy atom. The van der Waals surface area contributed by atoms with E-state index in [1.165, 1.54) is 0 Å². The van der Waals surface area contributed by atoms with E-state index < -0.39 is 29.3 Å². The molecule has 0 saturated heterocycles. The van der Waals surface area contributed by atoms with Crippen molar-refractivity contribution in [3.05, 3.63) is 67.5 Å². The molecular formula is C20H22O4Ti. The van der Waals surface area contributed by atoms with Gasteiger partial charge in [0.05, 0.1) is 0 Å². The van der Waals surface area contributed by atoms with Crippen molar-refractivity contribution < 1.29 is 33.6 Å². The Bertz CT molecular complexity index is 740. The Morgan fingerprint density at radius 1 is 0.880 bits per heavy atom. The second-order valence-electron chi connectivity index (χ2n) is 6.68. The molecular weight excluding hydrogens is 352 g/mol. The Labute approximate surface area is 152 Å². The summed E-state index contributed by atoms with van der Waals surface area (Å²) in [6.07, 6.45) is 11.3. The molecule has 0 spiro atoms. The van der Waals surface area contributed by atoms with E-state index in [0.717, 1.165) is 31.7 Å². The van der Waals surface area contributed by atoms with E-state index in [4.69, 9.17) is 6.64 Å². The van der Waals surface area contributed by atoms with Gasteiger partial charge in [-0.2, -0.15) is 0 Å². The van der Waals surface area contributed by atoms with E-state index in [0.29, 0.717) is 24.0 Å². The fraction of sp³-hybridized carbons (Fsp3) is 0.300. The molecule has 4 nitrogen and oxygen atoms in total. The van der Waals surface area contributed by atoms with E-state index in [1.807, 2.05) is 0 Å². The first-order chi connectivity index (χ1) is 11.8. The molecule has 0 atom stereocenters. The third kappa shape index (κ3) is 3.16. The molecule has 0 amide bonds. The zero-order valence-corrected chi connectivity index (χ0v) is 16.2. The van der Waals surface area contributed by atoms with E-state index >= 15 is 0 Å². The second-order valence-corrected chi connectivity index (χ2v) is 11.1. The number of carbonyl (C=O) groups is 2. The monoisotopic (exact) mass is 374 g/mol. The van der Waals surface area contributed by atoms with Gasteiger partial charge in [-0.05, 0) is 0 Å². The van der Waals surface area contributed by atoms with Crippen LogP contribution in [0.15, 0.2) is 67.5 Å². The molecule has 0 unspecified atom stereocenters. The zero-order chi connectivity index (χ0) is 18.2. The minimum absolute atomic E-state index is 0.307. The standard InChI is InChI=1S/C12H12.2C4H6O2.Ti/c1-2-6-11(5-1)9-10-12-7-3-4-8-12;2*1-3(2)4(5)6;/h1,3,5,7H,2,4,9-10H2;2*1H2,2H3,(H,5,6);/q;;;+2/p-2. The summed E-state index contributed by atoms with van der Waals surface area (Å²) in [6, 6.07) is 0. The molecule has 3 aliphatic rings. The van der Waals surface area contributed by atoms with Crippen molar-refractivity contribution in [3.63, 3.8) is 0 Å². The average Bonchev–Trinajstić information content (AvgIpc) is 3.19. The van der Waals surface area contributed by atoms with E-state index in [-0.39, 0.29) is 0 Å². The van der Waals surface area contributed by atoms with Crippen molar-refractivity contribution in [2.75, 3.05) is 0 Å². The molecule has 0 radical (unpaired) electrons. The Morgan fingerprint density at radius 2 is 1.28 bits per heavy atom. The Hall–Kier alpha value is -1.91. The van der Waals surface area contributed by atoms with Crippen molar-refractivity contribution in [1.82, 2.24) is 0 Å². The van der Waals surface area contributed by atoms with Crippen molar-refractivity contribution in [2.45, 2.75) is 39.5 Å². The molecule has 0 aromatic carbocycles. The van der Waals surface area contributed by atoms with Crippen LogP contribution in [0.2, 0.25) is 0 Å². The molecule has 1 heterocycles. The van der Waals surface area contributed by atoms with Crippen molar-refractivity contribution >= 4 is 11.9 Å². The summed E-state index contributed by atoms with van der Waals surface area (Å²) in [4.78, 5) is 25.0. The van der Waals surface area contributed by atoms with Crippen LogP contribution in [0.5, 0.6) is 0 Å². The fourth-order valence-corrected chi connectivity index (χ4v) is 9.36. The van der Waals surface area contributed by atoms with E-state index in [9.17, 15) is 9.59 Å². The first-order valence-corrected chi connectivity index (χ1v) is 11.2. The predicted octanol–water partition coefficient (Wildman–Crippen LogP) is 4.43. The third-order valence-corrected chi connectivity index (χ3v) is 10.3. The molecule has 130 valence electrons. The molecule has 0 saturated carbocycles. The van der Waals surface area contributed by atoms with Gasteiger partial charge in [0.15, 0.2) is 0 Å². The normalized spacial score (nSPS) is 20.1. The van der Waals surface area contributed by atoms with Crippen LogP contribution >= 0.6 is 0 Å². The van der Waals surface area contributed by atoms with Crippen molar-refractivity contribution in [3.8, 4) is 0 Å². The van der Waals surface area contributed by atoms with Gasteiger partial charge in [0.25, 0.3) is 0 Å². The predicted molar refractivity (Wildman–Crippen MR) is 92.6 cm³/mol. The molecule has 0 N–H and O–H groups in total. The second kappa shape index (κ2) is 6.77. The summed E-state index contributed by atoms with van der Waals surface area (Å²) in [7, 11) is 0. The minimum atomic E-state index is -4.10. The van der Waals surface area contributed by atoms with Gasteiger partial charge in [0.1, 0.15) is 0 Å². The van der Waals surface area contributed by atoms with Gasteiger partial charge in [-0.15, -0.1) is 0 Å². The van der Waals surface area contributed by atoms with E-state index in [2.05, 4.69) is 37.5 Å². The van der Waals surface area contributed by atoms with Crippen LogP contribution < -0.4 is 0 Å². The molecule has 3 rings (SSSR count). The van der Waals surface area contributed by atoms with Gasteiger partial charge < -0.3 is 0 Å². The number of allylic oxidation sites excluding steroid dienone is 8. The average molecular weight is 374 g/mol. The Balaban J connectivity index is 2.16. The van der Waals surface area contributed by atoms with Gasteiger partial charge in [-0.25, -0.2) is 0 Å². The first kappa shape index (κ1) is 17.9. The van der Waals surface area contributed by atoms with Crippen LogP contribution in [-0.4, -0.2) is 11.9 Å². The van der Waals surface area contributed by atoms with Crippen LogP contribution in [0.25, 0.3) is 0 Å². The zero-order valence-electron chi connectivity index (χ0n) is 14.7. The van der Waals surface area contributed by atoms with Crippen LogP contribution in [-0.2, 0) is 33.6 Å². The first-order valence-electron chi connectivity index (χ1n) is 8.41. The molecule has 0 aromatic heterocycles. The van der Waals surface area contributed by atoms with Gasteiger partial charge in [0.2, 0.25) is 0 Å². The van der Waals surface area contributed by atoms with Crippen molar-refractivity contribution in [2.24, 2.45) is 0 Å². The summed E-state index contributed by atoms with van der Waals surface area (Å²) in [6.45, 7) is 10.6. The summed E-state index contributed by atoms with van der Waals surface area (Å²) in [5, 5.41) is 0. The SMILES string of the molecule is C=C(C)C(=O)[O][Ti]1([O]C(=O)C(=C)C)[C]2=C(C=CC2)CCC2=[C]1CC=C2. The van der Waals surface area contributed by atoms with Gasteiger partial charge >= 0.3 is 153 Å². The number of hydrogen-bond donors (Lipinski definition) is 0. The number of rotatable bonds is 4. The fourth-order valence-electron chi connectivity index (χ4n) is 3.42. The maximum absolute atomic E-state index is 12.5. The summed E-state index contributed by atoms with van der Waals surface area (Å²) in [5.74, 6) is -0.983. The summed E-state index contributed by atoms with van der Waals surface area (Å²) in [5.41, 5.74) is 2.90. The molecule has 25 heavy (non-hydrogen) atoms. The van der Waals surface area contributed by atoms with Crippen LogP contribution in [0.4, 0.5) is 0 Å². The topological polar surface area (TPSA) is 52.6 Å². The maximum atomic E-state index is 12.5. The van der Waals surface area contributed by atoms with Crippen molar-refractivity contribution in [1.29, 1.82) is 0 Å². The Kier molecular flexibility index (Phi) is 4.85. The number of carbonyl (C=O) groups excluding carboxylic acids is 2. The summed E-state index contributed by atoms with van der Waals surface area (Å²) < 4.78 is 14.1. The molecule has 2 aliphatic carbocycles. The van der Waals surface area contributed by atoms with Crippen LogP contribution in [0, 0.1) is 0 Å². The van der Waals surface area contributed by atoms with Crippen LogP contribution in [0.3, 0.4) is 0 Å². The van der Waals surface area contributed by atoms with Gasteiger partial charge in [0, 0.05) is 0 Å².